The number of nitrogens with zero attached hydrogens (tertiary/aromatic N) is 1. The molecule has 1 saturated heterocycles. The highest BCUT2D eigenvalue weighted by molar-refractivity contribution is 8.00. The molecular weight excluding hydrogens is 304 g/mol. The van der Waals surface area contributed by atoms with Crippen molar-refractivity contribution in [2.24, 2.45) is 11.8 Å². The van der Waals surface area contributed by atoms with E-state index in [1.54, 1.807) is 11.8 Å². The lowest BCUT2D eigenvalue weighted by atomic mass is 9.84. The molecule has 0 bridgehead atoms. The lowest BCUT2D eigenvalue weighted by Crippen LogP contribution is -2.41. The Balaban J connectivity index is 1.46. The zero-order valence-electron chi connectivity index (χ0n) is 13.3. The van der Waals surface area contributed by atoms with Gasteiger partial charge in [-0.05, 0) is 50.9 Å². The Labute approximate surface area is 137 Å². The fraction of sp³-hybridized carbons (Fsp3) is 1.00. The molecule has 1 N–H and O–H groups in total. The van der Waals surface area contributed by atoms with Gasteiger partial charge in [-0.1, -0.05) is 12.8 Å². The van der Waals surface area contributed by atoms with Gasteiger partial charge in [0.25, 0.3) is 0 Å². The molecule has 4 unspecified atom stereocenters. The molecule has 1 heterocycles. The van der Waals surface area contributed by atoms with Gasteiger partial charge >= 0.3 is 0 Å². The summed E-state index contributed by atoms with van der Waals surface area (Å²) in [4.78, 5) is 2.07. The highest BCUT2D eigenvalue weighted by atomic mass is 32.2. The topological polar surface area (TPSA) is 23.5 Å². The van der Waals surface area contributed by atoms with Gasteiger partial charge < -0.3 is 5.11 Å². The molecule has 5 heteroatoms. The zero-order valence-corrected chi connectivity index (χ0v) is 14.1. The van der Waals surface area contributed by atoms with E-state index in [1.165, 1.54) is 0 Å². The summed E-state index contributed by atoms with van der Waals surface area (Å²) < 4.78 is 27.2. The smallest absolute Gasteiger partial charge is 0.120 e. The largest absolute Gasteiger partial charge is 0.377 e. The minimum atomic E-state index is -0.690. The first kappa shape index (κ1) is 17.0. The second kappa shape index (κ2) is 7.80. The van der Waals surface area contributed by atoms with Crippen LogP contribution in [0.1, 0.15) is 57.8 Å². The Bertz CT molecular complexity index is 352. The molecule has 0 aromatic carbocycles. The molecule has 2 aliphatic carbocycles. The molecule has 3 aliphatic rings. The maximum Gasteiger partial charge on any atom is 0.120 e. The van der Waals surface area contributed by atoms with E-state index in [9.17, 15) is 13.9 Å². The highest BCUT2D eigenvalue weighted by Crippen LogP contribution is 2.38. The first-order valence-corrected chi connectivity index (χ1v) is 10.00. The second-order valence-corrected chi connectivity index (χ2v) is 8.63. The first-order chi connectivity index (χ1) is 10.6. The molecule has 128 valence electrons. The minimum Gasteiger partial charge on any atom is -0.377 e. The summed E-state index contributed by atoms with van der Waals surface area (Å²) in [7, 11) is 0. The van der Waals surface area contributed by atoms with Crippen LogP contribution in [-0.4, -0.2) is 46.2 Å². The van der Waals surface area contributed by atoms with E-state index in [0.717, 1.165) is 44.4 Å². The van der Waals surface area contributed by atoms with Gasteiger partial charge in [-0.2, -0.15) is 0 Å². The molecule has 0 aromatic heterocycles. The van der Waals surface area contributed by atoms with Crippen molar-refractivity contribution in [1.29, 1.82) is 0 Å². The molecule has 0 amide bonds. The van der Waals surface area contributed by atoms with Crippen molar-refractivity contribution in [3.8, 4) is 0 Å². The van der Waals surface area contributed by atoms with Crippen molar-refractivity contribution in [2.45, 2.75) is 81.6 Å². The Morgan fingerprint density at radius 2 is 1.73 bits per heavy atom. The van der Waals surface area contributed by atoms with E-state index in [2.05, 4.69) is 4.90 Å². The summed E-state index contributed by atoms with van der Waals surface area (Å²) in [5, 5.41) is 10.8. The van der Waals surface area contributed by atoms with Crippen LogP contribution in [0, 0.1) is 11.8 Å². The van der Waals surface area contributed by atoms with Crippen LogP contribution in [0.5, 0.6) is 0 Å². The molecular formula is C17H29F2NOS. The fourth-order valence-corrected chi connectivity index (χ4v) is 5.69. The van der Waals surface area contributed by atoms with Crippen LogP contribution >= 0.6 is 11.8 Å². The minimum absolute atomic E-state index is 0.102. The number of hydrogen-bond donors (Lipinski definition) is 1. The quantitative estimate of drug-likeness (QED) is 0.837. The molecule has 3 fully saturated rings. The first-order valence-electron chi connectivity index (χ1n) is 8.95. The molecule has 2 saturated carbocycles. The summed E-state index contributed by atoms with van der Waals surface area (Å²) in [6.45, 7) is 0.697. The van der Waals surface area contributed by atoms with Gasteiger partial charge in [0.15, 0.2) is 0 Å². The van der Waals surface area contributed by atoms with Gasteiger partial charge in [0.1, 0.15) is 18.6 Å². The van der Waals surface area contributed by atoms with Crippen molar-refractivity contribution >= 4 is 11.8 Å². The third-order valence-electron chi connectivity index (χ3n) is 5.79. The lowest BCUT2D eigenvalue weighted by Gasteiger charge is -2.32. The van der Waals surface area contributed by atoms with E-state index in [-0.39, 0.29) is 11.2 Å². The van der Waals surface area contributed by atoms with Crippen LogP contribution in [0.4, 0.5) is 8.78 Å². The van der Waals surface area contributed by atoms with Crippen LogP contribution < -0.4 is 0 Å². The monoisotopic (exact) mass is 333 g/mol. The lowest BCUT2D eigenvalue weighted by molar-refractivity contribution is -0.00178. The summed E-state index contributed by atoms with van der Waals surface area (Å²) in [6, 6.07) is 0. The maximum atomic E-state index is 14.0. The normalized spacial score (nSPS) is 44.3. The number of thioether (sulfide) groups is 1. The standard InChI is InChI=1S/C17H29F2NOS/c18-14-7-5-12(6-8-14)9-16-17(21)20(11-22-16)10-13-3-1-2-4-15(13)19/h12-17,21H,1-11H2. The van der Waals surface area contributed by atoms with Crippen LogP contribution in [0.3, 0.4) is 0 Å². The Hall–Kier alpha value is 0.130. The zero-order chi connectivity index (χ0) is 15.5. The summed E-state index contributed by atoms with van der Waals surface area (Å²) in [6.07, 6.45) is 6.32. The third-order valence-corrected chi connectivity index (χ3v) is 7.13. The number of alkyl halides is 2. The van der Waals surface area contributed by atoms with Crippen molar-refractivity contribution < 1.29 is 13.9 Å². The third kappa shape index (κ3) is 4.15. The summed E-state index contributed by atoms with van der Waals surface area (Å²) >= 11 is 1.80. The molecule has 0 spiro atoms. The van der Waals surface area contributed by atoms with Crippen LogP contribution in [0.2, 0.25) is 0 Å². The Kier molecular flexibility index (Phi) is 6.02. The van der Waals surface area contributed by atoms with Crippen molar-refractivity contribution in [3.05, 3.63) is 0 Å². The predicted molar refractivity (Wildman–Crippen MR) is 87.3 cm³/mol. The van der Waals surface area contributed by atoms with E-state index in [4.69, 9.17) is 0 Å². The van der Waals surface area contributed by atoms with Gasteiger partial charge in [0.2, 0.25) is 0 Å². The molecule has 1 aliphatic heterocycles. The molecule has 22 heavy (non-hydrogen) atoms. The summed E-state index contributed by atoms with van der Waals surface area (Å²) in [5.74, 6) is 1.47. The van der Waals surface area contributed by atoms with Crippen molar-refractivity contribution in [2.75, 3.05) is 12.4 Å². The van der Waals surface area contributed by atoms with Crippen molar-refractivity contribution in [3.63, 3.8) is 0 Å². The predicted octanol–water partition coefficient (Wildman–Crippen LogP) is 4.13. The van der Waals surface area contributed by atoms with Crippen LogP contribution in [0.15, 0.2) is 0 Å². The molecule has 2 nitrogen and oxygen atoms in total. The summed E-state index contributed by atoms with van der Waals surface area (Å²) in [5.41, 5.74) is 0. The number of halogens is 2. The van der Waals surface area contributed by atoms with Gasteiger partial charge in [-0.3, -0.25) is 4.90 Å². The Morgan fingerprint density at radius 3 is 2.45 bits per heavy atom. The van der Waals surface area contributed by atoms with Crippen LogP contribution in [0.25, 0.3) is 0 Å². The SMILES string of the molecule is OC1C(CC2CCC(F)CC2)SCN1CC1CCCCC1F. The number of rotatable bonds is 4. The number of aliphatic hydroxyl groups is 1. The van der Waals surface area contributed by atoms with E-state index < -0.39 is 18.6 Å². The van der Waals surface area contributed by atoms with E-state index in [0.29, 0.717) is 31.7 Å². The van der Waals surface area contributed by atoms with Gasteiger partial charge in [-0.15, -0.1) is 11.8 Å². The van der Waals surface area contributed by atoms with E-state index >= 15 is 0 Å². The van der Waals surface area contributed by atoms with Crippen molar-refractivity contribution in [1.82, 2.24) is 4.90 Å². The average Bonchev–Trinajstić information content (AvgIpc) is 2.85. The van der Waals surface area contributed by atoms with E-state index in [1.807, 2.05) is 0 Å². The maximum absolute atomic E-state index is 14.0. The molecule has 3 rings (SSSR count). The van der Waals surface area contributed by atoms with Gasteiger partial charge in [0.05, 0.1) is 0 Å². The molecule has 0 radical (unpaired) electrons. The number of aliphatic hydroxyl groups excluding tert-OH is 1. The van der Waals surface area contributed by atoms with Gasteiger partial charge in [0, 0.05) is 23.6 Å². The molecule has 0 aromatic rings. The van der Waals surface area contributed by atoms with Gasteiger partial charge in [-0.25, -0.2) is 8.78 Å². The highest BCUT2D eigenvalue weighted by Gasteiger charge is 2.38. The number of hydrogen-bond acceptors (Lipinski definition) is 3. The Morgan fingerprint density at radius 1 is 1.00 bits per heavy atom. The fourth-order valence-electron chi connectivity index (χ4n) is 4.29. The average molecular weight is 333 g/mol. The van der Waals surface area contributed by atoms with Crippen LogP contribution in [-0.2, 0) is 0 Å². The second-order valence-electron chi connectivity index (χ2n) is 7.43. The molecule has 4 atom stereocenters.